The Balaban J connectivity index is 2.44. The minimum atomic E-state index is -0.114. The van der Waals surface area contributed by atoms with Crippen LogP contribution in [0.5, 0.6) is 5.75 Å². The van der Waals surface area contributed by atoms with Crippen molar-refractivity contribution in [2.45, 2.75) is 0 Å². The van der Waals surface area contributed by atoms with E-state index in [1.54, 1.807) is 36.4 Å². The Kier molecular flexibility index (Phi) is 4.71. The maximum atomic E-state index is 12.4. The van der Waals surface area contributed by atoms with Crippen molar-refractivity contribution in [3.8, 4) is 5.75 Å². The van der Waals surface area contributed by atoms with Gasteiger partial charge in [0.05, 0.1) is 12.1 Å². The highest BCUT2D eigenvalue weighted by Gasteiger charge is 2.14. The number of halogens is 3. The molecule has 2 nitrogen and oxygen atoms in total. The first-order valence-electron chi connectivity index (χ1n) is 5.36. The highest BCUT2D eigenvalue weighted by molar-refractivity contribution is 14.1. The number of rotatable bonds is 3. The Labute approximate surface area is 134 Å². The normalized spacial score (nSPS) is 10.3. The first kappa shape index (κ1) is 14.6. The highest BCUT2D eigenvalue weighted by atomic mass is 127. The molecule has 0 saturated heterocycles. The van der Waals surface area contributed by atoms with Gasteiger partial charge in [-0.05, 0) is 59.0 Å². The summed E-state index contributed by atoms with van der Waals surface area (Å²) in [4.78, 5) is 12.4. The molecule has 19 heavy (non-hydrogen) atoms. The Morgan fingerprint density at radius 1 is 1.16 bits per heavy atom. The third-order valence-corrected chi connectivity index (χ3v) is 4.06. The van der Waals surface area contributed by atoms with Gasteiger partial charge < -0.3 is 4.74 Å². The van der Waals surface area contributed by atoms with Crippen LogP contribution in [0.2, 0.25) is 10.0 Å². The fourth-order valence-corrected chi connectivity index (χ4v) is 2.64. The molecule has 0 aliphatic rings. The average Bonchev–Trinajstić information content (AvgIpc) is 2.40. The zero-order valence-electron chi connectivity index (χ0n) is 9.91. The standard InChI is InChI=1S/C14H9Cl2IO2/c1-19-13-5-2-8(6-11(13)16)14(18)10-7-9(15)3-4-12(10)17/h2-7H,1H3. The molecule has 0 unspecified atom stereocenters. The predicted molar refractivity (Wildman–Crippen MR) is 85.6 cm³/mol. The number of ketones is 1. The topological polar surface area (TPSA) is 26.3 Å². The van der Waals surface area contributed by atoms with Crippen LogP contribution in [0.25, 0.3) is 0 Å². The number of hydrogen-bond acceptors (Lipinski definition) is 2. The van der Waals surface area contributed by atoms with Crippen molar-refractivity contribution in [1.82, 2.24) is 0 Å². The van der Waals surface area contributed by atoms with Crippen LogP contribution >= 0.6 is 45.8 Å². The van der Waals surface area contributed by atoms with Gasteiger partial charge in [0.15, 0.2) is 5.78 Å². The molecule has 0 aliphatic heterocycles. The molecular formula is C14H9Cl2IO2. The second-order valence-electron chi connectivity index (χ2n) is 3.80. The van der Waals surface area contributed by atoms with E-state index in [-0.39, 0.29) is 5.78 Å². The van der Waals surface area contributed by atoms with Gasteiger partial charge in [-0.25, -0.2) is 0 Å². The summed E-state index contributed by atoms with van der Waals surface area (Å²) in [6, 6.07) is 10.2. The highest BCUT2D eigenvalue weighted by Crippen LogP contribution is 2.27. The SMILES string of the molecule is COc1ccc(C(=O)c2cc(Cl)ccc2I)cc1Cl. The van der Waals surface area contributed by atoms with Crippen LogP contribution < -0.4 is 4.74 Å². The number of benzene rings is 2. The van der Waals surface area contributed by atoms with E-state index in [0.29, 0.717) is 26.9 Å². The predicted octanol–water partition coefficient (Wildman–Crippen LogP) is 4.84. The Morgan fingerprint density at radius 3 is 2.53 bits per heavy atom. The van der Waals surface area contributed by atoms with Crippen molar-refractivity contribution in [2.24, 2.45) is 0 Å². The molecule has 0 saturated carbocycles. The average molecular weight is 407 g/mol. The second-order valence-corrected chi connectivity index (χ2v) is 5.81. The van der Waals surface area contributed by atoms with E-state index in [4.69, 9.17) is 27.9 Å². The number of methoxy groups -OCH3 is 1. The van der Waals surface area contributed by atoms with Gasteiger partial charge in [-0.2, -0.15) is 0 Å². The van der Waals surface area contributed by atoms with Crippen molar-refractivity contribution in [1.29, 1.82) is 0 Å². The van der Waals surface area contributed by atoms with E-state index in [1.807, 2.05) is 0 Å². The Hall–Kier alpha value is -0.780. The van der Waals surface area contributed by atoms with Crippen molar-refractivity contribution in [3.05, 3.63) is 61.1 Å². The van der Waals surface area contributed by atoms with Gasteiger partial charge in [0.1, 0.15) is 5.75 Å². The lowest BCUT2D eigenvalue weighted by Gasteiger charge is -2.07. The Morgan fingerprint density at radius 2 is 1.89 bits per heavy atom. The minimum absolute atomic E-state index is 0.114. The fraction of sp³-hybridized carbons (Fsp3) is 0.0714. The third-order valence-electron chi connectivity index (χ3n) is 2.59. The molecule has 2 aromatic rings. The molecular weight excluding hydrogens is 398 g/mol. The minimum Gasteiger partial charge on any atom is -0.495 e. The molecule has 0 spiro atoms. The summed E-state index contributed by atoms with van der Waals surface area (Å²) in [5.74, 6) is 0.426. The largest absolute Gasteiger partial charge is 0.495 e. The van der Waals surface area contributed by atoms with Crippen LogP contribution in [0.3, 0.4) is 0 Å². The van der Waals surface area contributed by atoms with Crippen molar-refractivity contribution >= 4 is 51.6 Å². The molecule has 2 rings (SSSR count). The number of hydrogen-bond donors (Lipinski definition) is 0. The number of carbonyl (C=O) groups excluding carboxylic acids is 1. The Bertz CT molecular complexity index is 641. The lowest BCUT2D eigenvalue weighted by Crippen LogP contribution is -2.04. The summed E-state index contributed by atoms with van der Waals surface area (Å²) >= 11 is 14.1. The van der Waals surface area contributed by atoms with E-state index in [2.05, 4.69) is 22.6 Å². The maximum absolute atomic E-state index is 12.4. The second kappa shape index (κ2) is 6.11. The lowest BCUT2D eigenvalue weighted by atomic mass is 10.0. The molecule has 2 aromatic carbocycles. The van der Waals surface area contributed by atoms with Crippen LogP contribution in [-0.4, -0.2) is 12.9 Å². The van der Waals surface area contributed by atoms with Crippen LogP contribution in [0.4, 0.5) is 0 Å². The monoisotopic (exact) mass is 406 g/mol. The van der Waals surface area contributed by atoms with Crippen molar-refractivity contribution in [2.75, 3.05) is 7.11 Å². The summed E-state index contributed by atoms with van der Waals surface area (Å²) < 4.78 is 5.91. The molecule has 0 N–H and O–H groups in total. The summed E-state index contributed by atoms with van der Waals surface area (Å²) in [6.07, 6.45) is 0. The fourth-order valence-electron chi connectivity index (χ4n) is 1.63. The lowest BCUT2D eigenvalue weighted by molar-refractivity contribution is 0.103. The van der Waals surface area contributed by atoms with Crippen LogP contribution in [-0.2, 0) is 0 Å². The summed E-state index contributed by atoms with van der Waals surface area (Å²) in [5.41, 5.74) is 1.07. The third kappa shape index (κ3) is 3.22. The zero-order chi connectivity index (χ0) is 14.0. The van der Waals surface area contributed by atoms with E-state index < -0.39 is 0 Å². The first-order valence-corrected chi connectivity index (χ1v) is 7.19. The molecule has 0 fully saturated rings. The zero-order valence-corrected chi connectivity index (χ0v) is 13.6. The number of ether oxygens (including phenoxy) is 1. The van der Waals surface area contributed by atoms with Crippen molar-refractivity contribution in [3.63, 3.8) is 0 Å². The molecule has 0 aliphatic carbocycles. The molecule has 0 atom stereocenters. The van der Waals surface area contributed by atoms with Gasteiger partial charge in [0, 0.05) is 19.7 Å². The van der Waals surface area contributed by atoms with E-state index in [0.717, 1.165) is 3.57 Å². The van der Waals surface area contributed by atoms with Crippen LogP contribution in [0, 0.1) is 3.57 Å². The smallest absolute Gasteiger partial charge is 0.194 e. The molecule has 0 heterocycles. The van der Waals surface area contributed by atoms with Crippen molar-refractivity contribution < 1.29 is 9.53 Å². The molecule has 0 radical (unpaired) electrons. The van der Waals surface area contributed by atoms with E-state index in [1.165, 1.54) is 7.11 Å². The molecule has 0 aromatic heterocycles. The quantitative estimate of drug-likeness (QED) is 0.538. The van der Waals surface area contributed by atoms with Gasteiger partial charge in [0.2, 0.25) is 0 Å². The summed E-state index contributed by atoms with van der Waals surface area (Å²) in [7, 11) is 1.53. The van der Waals surface area contributed by atoms with Gasteiger partial charge in [-0.15, -0.1) is 0 Å². The van der Waals surface area contributed by atoms with Crippen LogP contribution in [0.1, 0.15) is 15.9 Å². The molecule has 98 valence electrons. The molecule has 5 heteroatoms. The van der Waals surface area contributed by atoms with Gasteiger partial charge in [0.25, 0.3) is 0 Å². The van der Waals surface area contributed by atoms with Crippen LogP contribution in [0.15, 0.2) is 36.4 Å². The summed E-state index contributed by atoms with van der Waals surface area (Å²) in [6.45, 7) is 0. The molecule has 0 bridgehead atoms. The van der Waals surface area contributed by atoms with E-state index in [9.17, 15) is 4.79 Å². The maximum Gasteiger partial charge on any atom is 0.194 e. The molecule has 0 amide bonds. The van der Waals surface area contributed by atoms with Gasteiger partial charge >= 0.3 is 0 Å². The first-order chi connectivity index (χ1) is 9.02. The van der Waals surface area contributed by atoms with Gasteiger partial charge in [-0.3, -0.25) is 4.79 Å². The number of carbonyl (C=O) groups is 1. The van der Waals surface area contributed by atoms with E-state index >= 15 is 0 Å². The van der Waals surface area contributed by atoms with Gasteiger partial charge in [-0.1, -0.05) is 23.2 Å². The summed E-state index contributed by atoms with van der Waals surface area (Å²) in [5, 5.41) is 0.939.